The van der Waals surface area contributed by atoms with E-state index in [0.29, 0.717) is 56.5 Å². The summed E-state index contributed by atoms with van der Waals surface area (Å²) in [6.07, 6.45) is 4.02. The number of aromatic amines is 1. The van der Waals surface area contributed by atoms with Crippen LogP contribution >= 0.6 is 0 Å². The molecular formula is C40H62N12O9. The summed E-state index contributed by atoms with van der Waals surface area (Å²) in [5.41, 5.74) is 17.8. The lowest BCUT2D eigenvalue weighted by atomic mass is 9.96. The number of amides is 8. The zero-order chi connectivity index (χ0) is 45.1. The van der Waals surface area contributed by atoms with E-state index in [-0.39, 0.29) is 25.8 Å². The van der Waals surface area contributed by atoms with Crippen LogP contribution in [0.4, 0.5) is 0 Å². The minimum absolute atomic E-state index is 0.0517. The molecule has 61 heavy (non-hydrogen) atoms. The third-order valence-corrected chi connectivity index (χ3v) is 10.5. The average molecular weight is 855 g/mol. The molecule has 8 amide bonds. The molecule has 1 fully saturated rings. The van der Waals surface area contributed by atoms with Gasteiger partial charge in [0.15, 0.2) is 0 Å². The Morgan fingerprint density at radius 1 is 0.852 bits per heavy atom. The minimum atomic E-state index is -1.62. The molecule has 1 aromatic carbocycles. The number of hydrogen-bond donors (Lipinski definition) is 11. The second kappa shape index (κ2) is 25.0. The second-order valence-corrected chi connectivity index (χ2v) is 15.2. The number of rotatable bonds is 25. The first-order valence-corrected chi connectivity index (χ1v) is 20.6. The highest BCUT2D eigenvalue weighted by Crippen LogP contribution is 2.18. The van der Waals surface area contributed by atoms with Crippen LogP contribution in [-0.4, -0.2) is 136 Å². The molecule has 0 saturated carbocycles. The number of H-pyrrole nitrogens is 1. The van der Waals surface area contributed by atoms with Gasteiger partial charge in [0.05, 0.1) is 25.5 Å². The Morgan fingerprint density at radius 3 is 2.13 bits per heavy atom. The zero-order valence-corrected chi connectivity index (χ0v) is 35.0. The van der Waals surface area contributed by atoms with Crippen molar-refractivity contribution in [3.05, 3.63) is 54.1 Å². The molecule has 1 aliphatic rings. The fourth-order valence-corrected chi connectivity index (χ4v) is 6.78. The molecule has 8 unspecified atom stereocenters. The Morgan fingerprint density at radius 2 is 1.52 bits per heavy atom. The number of aromatic nitrogens is 2. The third kappa shape index (κ3) is 15.6. The summed E-state index contributed by atoms with van der Waals surface area (Å²) < 4.78 is 0. The maximum atomic E-state index is 13.9. The molecule has 2 heterocycles. The first-order chi connectivity index (χ1) is 29.1. The number of aliphatic hydroxyl groups excluding tert-OH is 1. The summed E-state index contributed by atoms with van der Waals surface area (Å²) in [4.78, 5) is 114. The first kappa shape index (κ1) is 49.4. The van der Waals surface area contributed by atoms with E-state index in [0.717, 1.165) is 0 Å². The van der Waals surface area contributed by atoms with E-state index in [4.69, 9.17) is 17.2 Å². The lowest BCUT2D eigenvalue weighted by Crippen LogP contribution is -2.61. The quantitative estimate of drug-likeness (QED) is 0.0439. The number of primary amides is 1. The Hall–Kier alpha value is -5.93. The Bertz CT molecular complexity index is 1780. The average Bonchev–Trinajstić information content (AvgIpc) is 3.96. The van der Waals surface area contributed by atoms with Gasteiger partial charge in [-0.3, -0.25) is 38.4 Å². The largest absolute Gasteiger partial charge is 0.391 e. The highest BCUT2D eigenvalue weighted by atomic mass is 16.3. The van der Waals surface area contributed by atoms with Gasteiger partial charge in [-0.2, -0.15) is 0 Å². The molecule has 0 spiro atoms. The normalized spacial score (nSPS) is 17.0. The van der Waals surface area contributed by atoms with Gasteiger partial charge in [-0.05, 0) is 57.1 Å². The SMILES string of the molecule is CCC(C)C(NC(=O)C(Cc1cnc[nH]1)NC(=O)C(NC(=O)CNC(=O)C(Cc1ccccc1)NC(=O)C1CCCN1C(=O)CN)C(C)O)C(=O)NC(CCCCN)C(N)=O. The number of carbonyl (C=O) groups excluding carboxylic acids is 8. The molecule has 8 atom stereocenters. The topological polar surface area (TPSA) is 339 Å². The fraction of sp³-hybridized carbons (Fsp3) is 0.575. The van der Waals surface area contributed by atoms with Gasteiger partial charge in [0, 0.05) is 31.3 Å². The van der Waals surface area contributed by atoms with Gasteiger partial charge in [-0.25, -0.2) is 4.98 Å². The van der Waals surface area contributed by atoms with Crippen molar-refractivity contribution in [2.24, 2.45) is 23.1 Å². The predicted molar refractivity (Wildman–Crippen MR) is 222 cm³/mol. The number of hydrogen-bond acceptors (Lipinski definition) is 12. The smallest absolute Gasteiger partial charge is 0.245 e. The summed E-state index contributed by atoms with van der Waals surface area (Å²) in [6, 6.07) is 1.72. The molecule has 21 heteroatoms. The Balaban J connectivity index is 1.73. The van der Waals surface area contributed by atoms with Crippen molar-refractivity contribution in [2.45, 2.75) is 114 Å². The van der Waals surface area contributed by atoms with E-state index in [1.807, 2.05) is 6.92 Å². The summed E-state index contributed by atoms with van der Waals surface area (Å²) >= 11 is 0. The molecule has 1 aromatic heterocycles. The summed E-state index contributed by atoms with van der Waals surface area (Å²) in [5, 5.41) is 26.0. The van der Waals surface area contributed by atoms with Crippen LogP contribution in [0, 0.1) is 5.92 Å². The number of aliphatic hydroxyl groups is 1. The van der Waals surface area contributed by atoms with Crippen LogP contribution in [0.25, 0.3) is 0 Å². The maximum Gasteiger partial charge on any atom is 0.245 e. The molecule has 21 nitrogen and oxygen atoms in total. The lowest BCUT2D eigenvalue weighted by Gasteiger charge is -2.29. The van der Waals surface area contributed by atoms with E-state index < -0.39 is 102 Å². The van der Waals surface area contributed by atoms with Gasteiger partial charge in [0.2, 0.25) is 47.3 Å². The highest BCUT2D eigenvalue weighted by molar-refractivity contribution is 5.97. The van der Waals surface area contributed by atoms with Crippen LogP contribution in [0.1, 0.15) is 70.6 Å². The molecule has 0 bridgehead atoms. The molecule has 336 valence electrons. The number of nitrogens with two attached hydrogens (primary N) is 3. The monoisotopic (exact) mass is 854 g/mol. The van der Waals surface area contributed by atoms with Crippen molar-refractivity contribution in [2.75, 3.05) is 26.2 Å². The number of carbonyl (C=O) groups is 8. The van der Waals surface area contributed by atoms with E-state index in [1.165, 1.54) is 24.3 Å². The highest BCUT2D eigenvalue weighted by Gasteiger charge is 2.37. The van der Waals surface area contributed by atoms with E-state index >= 15 is 0 Å². The number of unbranched alkanes of at least 4 members (excludes halogenated alkanes) is 1. The van der Waals surface area contributed by atoms with Gasteiger partial charge in [-0.15, -0.1) is 0 Å². The van der Waals surface area contributed by atoms with Crippen LogP contribution in [0.15, 0.2) is 42.9 Å². The van der Waals surface area contributed by atoms with Crippen LogP contribution in [0.3, 0.4) is 0 Å². The van der Waals surface area contributed by atoms with Gasteiger partial charge in [0.25, 0.3) is 0 Å². The molecule has 1 saturated heterocycles. The van der Waals surface area contributed by atoms with E-state index in [2.05, 4.69) is 41.9 Å². The van der Waals surface area contributed by atoms with Crippen LogP contribution in [-0.2, 0) is 51.2 Å². The molecule has 14 N–H and O–H groups in total. The molecule has 0 aliphatic carbocycles. The lowest BCUT2D eigenvalue weighted by molar-refractivity contribution is -0.138. The number of benzene rings is 1. The van der Waals surface area contributed by atoms with Crippen molar-refractivity contribution in [3.63, 3.8) is 0 Å². The van der Waals surface area contributed by atoms with Crippen LogP contribution in [0.2, 0.25) is 0 Å². The number of nitrogens with one attached hydrogen (secondary N) is 7. The predicted octanol–water partition coefficient (Wildman–Crippen LogP) is -3.27. The summed E-state index contributed by atoms with van der Waals surface area (Å²) in [6.45, 7) is 4.58. The minimum Gasteiger partial charge on any atom is -0.391 e. The van der Waals surface area contributed by atoms with E-state index in [1.54, 1.807) is 37.3 Å². The first-order valence-electron chi connectivity index (χ1n) is 20.6. The Kier molecular flexibility index (Phi) is 20.2. The standard InChI is InChI=1S/C40H62N12O9/c1-4-23(2)33(39(60)47-27(35(43)56)13-8-9-15-41)51-37(58)29(18-26-20-44-22-46-26)49-40(61)34(24(3)53)50-31(54)21-45-36(57)28(17-25-11-6-5-7-12-25)48-38(59)30-14-10-16-52(30)32(55)19-42/h5-7,11-12,20,22-24,27-30,33-34,53H,4,8-10,13-19,21,41-42H2,1-3H3,(H2,43,56)(H,44,46)(H,45,57)(H,47,60)(H,48,59)(H,49,61)(H,50,54)(H,51,58). The van der Waals surface area contributed by atoms with Crippen LogP contribution in [0.5, 0.6) is 0 Å². The van der Waals surface area contributed by atoms with Crippen molar-refractivity contribution in [1.29, 1.82) is 0 Å². The van der Waals surface area contributed by atoms with Crippen molar-refractivity contribution >= 4 is 47.3 Å². The maximum absolute atomic E-state index is 13.9. The fourth-order valence-electron chi connectivity index (χ4n) is 6.78. The van der Waals surface area contributed by atoms with Crippen molar-refractivity contribution < 1.29 is 43.5 Å². The second-order valence-electron chi connectivity index (χ2n) is 15.2. The molecule has 1 aliphatic heterocycles. The van der Waals surface area contributed by atoms with Gasteiger partial charge in [-0.1, -0.05) is 50.6 Å². The molecule has 3 rings (SSSR count). The molecular weight excluding hydrogens is 793 g/mol. The van der Waals surface area contributed by atoms with Crippen LogP contribution < -0.4 is 49.1 Å². The third-order valence-electron chi connectivity index (χ3n) is 10.5. The van der Waals surface area contributed by atoms with Gasteiger partial charge < -0.3 is 64.1 Å². The number of imidazole rings is 1. The van der Waals surface area contributed by atoms with Gasteiger partial charge >= 0.3 is 0 Å². The zero-order valence-electron chi connectivity index (χ0n) is 35.0. The van der Waals surface area contributed by atoms with Gasteiger partial charge in [0.1, 0.15) is 36.3 Å². The molecule has 2 aromatic rings. The van der Waals surface area contributed by atoms with E-state index in [9.17, 15) is 43.5 Å². The Labute approximate surface area is 354 Å². The van der Waals surface area contributed by atoms with Crippen molar-refractivity contribution in [1.82, 2.24) is 46.8 Å². The molecule has 0 radical (unpaired) electrons. The summed E-state index contributed by atoms with van der Waals surface area (Å²) in [5.74, 6) is -6.14. The number of nitrogens with zero attached hydrogens (tertiary/aromatic N) is 2. The van der Waals surface area contributed by atoms with Crippen molar-refractivity contribution in [3.8, 4) is 0 Å². The number of likely N-dealkylation sites (tertiary alicyclic amines) is 1. The summed E-state index contributed by atoms with van der Waals surface area (Å²) in [7, 11) is 0.